The van der Waals surface area contributed by atoms with Crippen molar-refractivity contribution in [1.82, 2.24) is 30.4 Å². The van der Waals surface area contributed by atoms with Crippen molar-refractivity contribution < 1.29 is 9.59 Å². The predicted octanol–water partition coefficient (Wildman–Crippen LogP) is 0.983. The first-order valence-corrected chi connectivity index (χ1v) is 8.38. The number of hydrogen-bond acceptors (Lipinski definition) is 4. The van der Waals surface area contributed by atoms with E-state index in [4.69, 9.17) is 0 Å². The topological polar surface area (TPSA) is 107 Å². The van der Waals surface area contributed by atoms with E-state index in [-0.39, 0.29) is 11.8 Å². The van der Waals surface area contributed by atoms with Gasteiger partial charge in [0.05, 0.1) is 12.0 Å². The Labute approximate surface area is 149 Å². The smallest absolute Gasteiger partial charge is 0.254 e. The van der Waals surface area contributed by atoms with Gasteiger partial charge < -0.3 is 15.2 Å². The Balaban J connectivity index is 1.55. The minimum atomic E-state index is -0.552. The Morgan fingerprint density at radius 2 is 2.08 bits per heavy atom. The second kappa shape index (κ2) is 6.83. The first-order chi connectivity index (χ1) is 12.7. The largest absolute Gasteiger partial charge is 0.353 e. The zero-order chi connectivity index (χ0) is 17.9. The lowest BCUT2D eigenvalue weighted by atomic mass is 10.0. The number of nitrogens with zero attached hydrogens (tertiary/aromatic N) is 3. The molecule has 0 radical (unpaired) electrons. The Kier molecular flexibility index (Phi) is 4.22. The minimum absolute atomic E-state index is 0.145. The number of aromatic amines is 2. The molecule has 26 heavy (non-hydrogen) atoms. The van der Waals surface area contributed by atoms with Gasteiger partial charge in [-0.3, -0.25) is 14.7 Å². The summed E-state index contributed by atoms with van der Waals surface area (Å²) < 4.78 is 0. The summed E-state index contributed by atoms with van der Waals surface area (Å²) in [6.45, 7) is 0.932. The van der Waals surface area contributed by atoms with Crippen LogP contribution >= 0.6 is 0 Å². The van der Waals surface area contributed by atoms with E-state index in [2.05, 4.69) is 25.5 Å². The molecule has 8 nitrogen and oxygen atoms in total. The third kappa shape index (κ3) is 3.08. The molecule has 1 aliphatic rings. The summed E-state index contributed by atoms with van der Waals surface area (Å²) in [6, 6.07) is 8.61. The molecule has 132 valence electrons. The molecule has 0 bridgehead atoms. The SMILES string of the molecule is O=C1NCCN(C(=O)c2ccc(-c3ccn[nH]3)cc2)[C@@H]1Cc1cnc[nH]1. The molecule has 1 aliphatic heterocycles. The van der Waals surface area contributed by atoms with Crippen molar-refractivity contribution >= 4 is 11.8 Å². The first-order valence-electron chi connectivity index (χ1n) is 8.38. The number of H-pyrrole nitrogens is 2. The highest BCUT2D eigenvalue weighted by atomic mass is 16.2. The van der Waals surface area contributed by atoms with E-state index in [1.165, 1.54) is 0 Å². The summed E-state index contributed by atoms with van der Waals surface area (Å²) in [5.41, 5.74) is 3.21. The van der Waals surface area contributed by atoms with Crippen molar-refractivity contribution in [2.75, 3.05) is 13.1 Å². The van der Waals surface area contributed by atoms with Crippen molar-refractivity contribution in [3.8, 4) is 11.3 Å². The summed E-state index contributed by atoms with van der Waals surface area (Å²) in [4.78, 5) is 33.9. The van der Waals surface area contributed by atoms with Gasteiger partial charge in [-0.25, -0.2) is 4.98 Å². The number of nitrogens with one attached hydrogen (secondary N) is 3. The van der Waals surface area contributed by atoms with Crippen LogP contribution in [0, 0.1) is 0 Å². The van der Waals surface area contributed by atoms with Crippen LogP contribution in [0.2, 0.25) is 0 Å². The highest BCUT2D eigenvalue weighted by Crippen LogP contribution is 2.19. The average Bonchev–Trinajstić information content (AvgIpc) is 3.37. The molecule has 0 aliphatic carbocycles. The van der Waals surface area contributed by atoms with Crippen molar-refractivity contribution in [3.05, 3.63) is 60.3 Å². The van der Waals surface area contributed by atoms with Crippen LogP contribution in [0.25, 0.3) is 11.3 Å². The Hall–Kier alpha value is -3.42. The molecule has 2 amide bonds. The van der Waals surface area contributed by atoms with Crippen LogP contribution in [-0.2, 0) is 11.2 Å². The maximum Gasteiger partial charge on any atom is 0.254 e. The molecule has 0 saturated carbocycles. The van der Waals surface area contributed by atoms with Crippen LogP contribution < -0.4 is 5.32 Å². The molecule has 1 aromatic carbocycles. The van der Waals surface area contributed by atoms with Gasteiger partial charge in [0.2, 0.25) is 5.91 Å². The molecule has 1 atom stereocenters. The summed E-state index contributed by atoms with van der Waals surface area (Å²) in [6.07, 6.45) is 5.32. The van der Waals surface area contributed by atoms with Crippen LogP contribution in [0.5, 0.6) is 0 Å². The number of benzene rings is 1. The van der Waals surface area contributed by atoms with Crippen LogP contribution in [0.1, 0.15) is 16.1 Å². The van der Waals surface area contributed by atoms with Gasteiger partial charge in [-0.2, -0.15) is 5.10 Å². The van der Waals surface area contributed by atoms with Gasteiger partial charge in [-0.15, -0.1) is 0 Å². The average molecular weight is 350 g/mol. The normalized spacial score (nSPS) is 17.2. The van der Waals surface area contributed by atoms with Gasteiger partial charge in [-0.05, 0) is 23.8 Å². The van der Waals surface area contributed by atoms with Crippen LogP contribution in [-0.4, -0.2) is 56.0 Å². The second-order valence-corrected chi connectivity index (χ2v) is 6.13. The molecule has 3 aromatic rings. The molecule has 3 heterocycles. The Bertz CT molecular complexity index is 886. The molecule has 1 fully saturated rings. The van der Waals surface area contributed by atoms with E-state index < -0.39 is 6.04 Å². The van der Waals surface area contributed by atoms with Crippen molar-refractivity contribution in [1.29, 1.82) is 0 Å². The number of carbonyl (C=O) groups is 2. The predicted molar refractivity (Wildman–Crippen MR) is 94.1 cm³/mol. The van der Waals surface area contributed by atoms with Crippen LogP contribution in [0.15, 0.2) is 49.1 Å². The number of imidazole rings is 1. The molecule has 3 N–H and O–H groups in total. The number of carbonyl (C=O) groups excluding carboxylic acids is 2. The summed E-state index contributed by atoms with van der Waals surface area (Å²) >= 11 is 0. The Morgan fingerprint density at radius 3 is 2.77 bits per heavy atom. The standard InChI is InChI=1S/C18H18N6O2/c25-17-16(9-14-10-19-11-21-14)24(8-7-20-17)18(26)13-3-1-12(2-4-13)15-5-6-22-23-15/h1-6,10-11,16H,7-9H2,(H,19,21)(H,20,25)(H,22,23)/t16-/m1/s1. The monoisotopic (exact) mass is 350 g/mol. The molecule has 2 aromatic heterocycles. The van der Waals surface area contributed by atoms with Crippen LogP contribution in [0.3, 0.4) is 0 Å². The zero-order valence-corrected chi connectivity index (χ0v) is 14.0. The van der Waals surface area contributed by atoms with E-state index in [0.717, 1.165) is 17.0 Å². The van der Waals surface area contributed by atoms with Gasteiger partial charge in [0.1, 0.15) is 6.04 Å². The first kappa shape index (κ1) is 16.1. The molecular formula is C18H18N6O2. The molecule has 8 heteroatoms. The van der Waals surface area contributed by atoms with Crippen molar-refractivity contribution in [2.45, 2.75) is 12.5 Å². The fraction of sp³-hybridized carbons (Fsp3) is 0.222. The lowest BCUT2D eigenvalue weighted by Gasteiger charge is -2.35. The summed E-state index contributed by atoms with van der Waals surface area (Å²) in [5.74, 6) is -0.297. The van der Waals surface area contributed by atoms with E-state index in [0.29, 0.717) is 25.1 Å². The summed E-state index contributed by atoms with van der Waals surface area (Å²) in [7, 11) is 0. The molecule has 0 spiro atoms. The number of amides is 2. The van der Waals surface area contributed by atoms with Gasteiger partial charge in [0, 0.05) is 43.2 Å². The quantitative estimate of drug-likeness (QED) is 0.652. The zero-order valence-electron chi connectivity index (χ0n) is 14.0. The number of aromatic nitrogens is 4. The van der Waals surface area contributed by atoms with E-state index in [1.54, 1.807) is 35.8 Å². The highest BCUT2D eigenvalue weighted by Gasteiger charge is 2.33. The van der Waals surface area contributed by atoms with Gasteiger partial charge >= 0.3 is 0 Å². The lowest BCUT2D eigenvalue weighted by Crippen LogP contribution is -2.58. The maximum atomic E-state index is 13.0. The number of piperazine rings is 1. The van der Waals surface area contributed by atoms with E-state index in [1.807, 2.05) is 18.2 Å². The van der Waals surface area contributed by atoms with E-state index in [9.17, 15) is 9.59 Å². The summed E-state index contributed by atoms with van der Waals surface area (Å²) in [5, 5.41) is 9.66. The maximum absolute atomic E-state index is 13.0. The minimum Gasteiger partial charge on any atom is -0.353 e. The fourth-order valence-corrected chi connectivity index (χ4v) is 3.14. The van der Waals surface area contributed by atoms with Gasteiger partial charge in [-0.1, -0.05) is 12.1 Å². The molecular weight excluding hydrogens is 332 g/mol. The Morgan fingerprint density at radius 1 is 1.23 bits per heavy atom. The third-order valence-electron chi connectivity index (χ3n) is 4.50. The third-order valence-corrected chi connectivity index (χ3v) is 4.50. The molecule has 0 unspecified atom stereocenters. The van der Waals surface area contributed by atoms with Gasteiger partial charge in [0.15, 0.2) is 0 Å². The van der Waals surface area contributed by atoms with Gasteiger partial charge in [0.25, 0.3) is 5.91 Å². The molecule has 1 saturated heterocycles. The second-order valence-electron chi connectivity index (χ2n) is 6.13. The van der Waals surface area contributed by atoms with E-state index >= 15 is 0 Å². The van der Waals surface area contributed by atoms with Crippen LogP contribution in [0.4, 0.5) is 0 Å². The van der Waals surface area contributed by atoms with Crippen molar-refractivity contribution in [2.24, 2.45) is 0 Å². The fourth-order valence-electron chi connectivity index (χ4n) is 3.14. The number of hydrogen-bond donors (Lipinski definition) is 3. The molecule has 4 rings (SSSR count). The van der Waals surface area contributed by atoms with Crippen molar-refractivity contribution in [3.63, 3.8) is 0 Å². The highest BCUT2D eigenvalue weighted by molar-refractivity contribution is 5.98. The number of rotatable bonds is 4. The lowest BCUT2D eigenvalue weighted by molar-refractivity contribution is -0.127.